The van der Waals surface area contributed by atoms with Crippen molar-refractivity contribution in [3.8, 4) is 5.75 Å². The molecular formula is C14H15N3O3. The van der Waals surface area contributed by atoms with Crippen LogP contribution >= 0.6 is 0 Å². The highest BCUT2D eigenvalue weighted by molar-refractivity contribution is 6.05. The third-order valence-electron chi connectivity index (χ3n) is 3.42. The zero-order valence-corrected chi connectivity index (χ0v) is 11.1. The summed E-state index contributed by atoms with van der Waals surface area (Å²) in [6.07, 6.45) is 0. The standard InChI is InChI=1S/C14H15N3O3/c1-8(9-5-15-6-9)14(19)16-10-2-3-12-11(4-10)17-13(18)7-20-12/h2-4,15H,5-7H2,1H3,(H,16,19)(H,17,18). The zero-order valence-electron chi connectivity index (χ0n) is 11.1. The molecule has 0 aliphatic carbocycles. The number of anilines is 2. The highest BCUT2D eigenvalue weighted by atomic mass is 16.5. The zero-order chi connectivity index (χ0) is 14.1. The Morgan fingerprint density at radius 1 is 1.35 bits per heavy atom. The third-order valence-corrected chi connectivity index (χ3v) is 3.42. The second kappa shape index (κ2) is 4.97. The molecule has 0 radical (unpaired) electrons. The largest absolute Gasteiger partial charge is 0.482 e. The Bertz CT molecular complexity index is 616. The number of amides is 2. The highest BCUT2D eigenvalue weighted by Crippen LogP contribution is 2.30. The van der Waals surface area contributed by atoms with E-state index >= 15 is 0 Å². The van der Waals surface area contributed by atoms with Crippen LogP contribution in [0.3, 0.4) is 0 Å². The Morgan fingerprint density at radius 3 is 2.85 bits per heavy atom. The molecule has 1 aromatic rings. The monoisotopic (exact) mass is 273 g/mol. The molecule has 0 unspecified atom stereocenters. The fourth-order valence-electron chi connectivity index (χ4n) is 2.06. The Hall–Kier alpha value is -2.34. The molecule has 6 nitrogen and oxygen atoms in total. The van der Waals surface area contributed by atoms with Gasteiger partial charge in [-0.3, -0.25) is 9.59 Å². The van der Waals surface area contributed by atoms with Crippen LogP contribution in [0.25, 0.3) is 0 Å². The number of hydrogen-bond acceptors (Lipinski definition) is 4. The van der Waals surface area contributed by atoms with Gasteiger partial charge in [0.1, 0.15) is 5.75 Å². The number of carbonyl (C=O) groups excluding carboxylic acids is 2. The molecule has 0 aromatic heterocycles. The summed E-state index contributed by atoms with van der Waals surface area (Å²) >= 11 is 0. The molecular weight excluding hydrogens is 258 g/mol. The van der Waals surface area contributed by atoms with Gasteiger partial charge in [-0.05, 0) is 30.7 Å². The fourth-order valence-corrected chi connectivity index (χ4v) is 2.06. The summed E-state index contributed by atoms with van der Waals surface area (Å²) in [5, 5.41) is 8.64. The molecule has 2 aliphatic rings. The maximum Gasteiger partial charge on any atom is 0.262 e. The molecule has 1 fully saturated rings. The Morgan fingerprint density at radius 2 is 2.15 bits per heavy atom. The number of fused-ring (bicyclic) bond motifs is 1. The van der Waals surface area contributed by atoms with E-state index in [1.54, 1.807) is 18.2 Å². The van der Waals surface area contributed by atoms with E-state index in [-0.39, 0.29) is 18.4 Å². The number of carbonyl (C=O) groups is 2. The smallest absolute Gasteiger partial charge is 0.262 e. The third kappa shape index (κ3) is 2.37. The number of hydrogen-bond donors (Lipinski definition) is 3. The van der Waals surface area contributed by atoms with Gasteiger partial charge in [0.05, 0.1) is 5.69 Å². The van der Waals surface area contributed by atoms with Crippen LogP contribution in [0.5, 0.6) is 5.75 Å². The molecule has 3 rings (SSSR count). The number of rotatable bonds is 2. The summed E-state index contributed by atoms with van der Waals surface area (Å²) < 4.78 is 5.27. The predicted octanol–water partition coefficient (Wildman–Crippen LogP) is 0.876. The van der Waals surface area contributed by atoms with E-state index < -0.39 is 0 Å². The van der Waals surface area contributed by atoms with Gasteiger partial charge in [-0.1, -0.05) is 0 Å². The van der Waals surface area contributed by atoms with E-state index in [9.17, 15) is 9.59 Å². The first kappa shape index (κ1) is 12.7. The molecule has 0 atom stereocenters. The lowest BCUT2D eigenvalue weighted by Crippen LogP contribution is -2.36. The van der Waals surface area contributed by atoms with Crippen LogP contribution in [0, 0.1) is 0 Å². The van der Waals surface area contributed by atoms with Crippen molar-refractivity contribution < 1.29 is 14.3 Å². The van der Waals surface area contributed by atoms with Gasteiger partial charge in [0, 0.05) is 24.4 Å². The average Bonchev–Trinajstić information content (AvgIpc) is 2.36. The summed E-state index contributed by atoms with van der Waals surface area (Å²) in [6, 6.07) is 5.18. The van der Waals surface area contributed by atoms with Gasteiger partial charge in [0.15, 0.2) is 6.61 Å². The fraction of sp³-hybridized carbons (Fsp3) is 0.286. The SMILES string of the molecule is CC(C(=O)Nc1ccc2c(c1)NC(=O)CO2)=C1CNC1. The van der Waals surface area contributed by atoms with Crippen LogP contribution in [0.2, 0.25) is 0 Å². The summed E-state index contributed by atoms with van der Waals surface area (Å²) in [7, 11) is 0. The van der Waals surface area contributed by atoms with Gasteiger partial charge in [0.25, 0.3) is 11.8 Å². The van der Waals surface area contributed by atoms with E-state index in [0.717, 1.165) is 24.2 Å². The van der Waals surface area contributed by atoms with Crippen LogP contribution in [-0.2, 0) is 9.59 Å². The minimum absolute atomic E-state index is 0.0247. The van der Waals surface area contributed by atoms with Gasteiger partial charge in [-0.25, -0.2) is 0 Å². The van der Waals surface area contributed by atoms with E-state index in [1.807, 2.05) is 6.92 Å². The van der Waals surface area contributed by atoms with E-state index in [1.165, 1.54) is 0 Å². The van der Waals surface area contributed by atoms with Crippen LogP contribution in [-0.4, -0.2) is 31.5 Å². The first-order valence-electron chi connectivity index (χ1n) is 6.41. The topological polar surface area (TPSA) is 79.5 Å². The van der Waals surface area contributed by atoms with Crippen molar-refractivity contribution in [3.05, 3.63) is 29.3 Å². The first-order valence-corrected chi connectivity index (χ1v) is 6.41. The lowest BCUT2D eigenvalue weighted by molar-refractivity contribution is -0.118. The molecule has 2 amide bonds. The molecule has 2 heterocycles. The molecule has 0 saturated carbocycles. The lowest BCUT2D eigenvalue weighted by Gasteiger charge is -2.22. The van der Waals surface area contributed by atoms with Crippen molar-refractivity contribution in [2.75, 3.05) is 30.3 Å². The molecule has 20 heavy (non-hydrogen) atoms. The number of benzene rings is 1. The van der Waals surface area contributed by atoms with Crippen molar-refractivity contribution in [1.82, 2.24) is 5.32 Å². The van der Waals surface area contributed by atoms with Crippen molar-refractivity contribution in [2.24, 2.45) is 0 Å². The van der Waals surface area contributed by atoms with Crippen LogP contribution in [0.15, 0.2) is 29.3 Å². The molecule has 6 heteroatoms. The summed E-state index contributed by atoms with van der Waals surface area (Å²) in [6.45, 7) is 3.38. The van der Waals surface area contributed by atoms with Gasteiger partial charge < -0.3 is 20.7 Å². The number of nitrogens with one attached hydrogen (secondary N) is 3. The molecule has 1 aromatic carbocycles. The van der Waals surface area contributed by atoms with E-state index in [2.05, 4.69) is 16.0 Å². The second-order valence-electron chi connectivity index (χ2n) is 4.83. The van der Waals surface area contributed by atoms with Crippen LogP contribution in [0.4, 0.5) is 11.4 Å². The van der Waals surface area contributed by atoms with E-state index in [4.69, 9.17) is 4.74 Å². The number of ether oxygens (including phenoxy) is 1. The van der Waals surface area contributed by atoms with Crippen LogP contribution < -0.4 is 20.7 Å². The molecule has 2 aliphatic heterocycles. The van der Waals surface area contributed by atoms with E-state index in [0.29, 0.717) is 17.1 Å². The summed E-state index contributed by atoms with van der Waals surface area (Å²) in [4.78, 5) is 23.3. The minimum atomic E-state index is -0.195. The molecule has 0 bridgehead atoms. The van der Waals surface area contributed by atoms with Crippen molar-refractivity contribution >= 4 is 23.2 Å². The molecule has 0 spiro atoms. The average molecular weight is 273 g/mol. The molecule has 3 N–H and O–H groups in total. The highest BCUT2D eigenvalue weighted by Gasteiger charge is 2.18. The molecule has 104 valence electrons. The van der Waals surface area contributed by atoms with Gasteiger partial charge in [-0.15, -0.1) is 0 Å². The Labute approximate surface area is 116 Å². The van der Waals surface area contributed by atoms with Crippen molar-refractivity contribution in [3.63, 3.8) is 0 Å². The second-order valence-corrected chi connectivity index (χ2v) is 4.83. The Balaban J connectivity index is 1.76. The lowest BCUT2D eigenvalue weighted by atomic mass is 10.0. The molecule has 1 saturated heterocycles. The van der Waals surface area contributed by atoms with Crippen molar-refractivity contribution in [1.29, 1.82) is 0 Å². The summed E-state index contributed by atoms with van der Waals surface area (Å²) in [5.41, 5.74) is 3.07. The minimum Gasteiger partial charge on any atom is -0.482 e. The van der Waals surface area contributed by atoms with Gasteiger partial charge in [-0.2, -0.15) is 0 Å². The van der Waals surface area contributed by atoms with Gasteiger partial charge >= 0.3 is 0 Å². The first-order chi connectivity index (χ1) is 9.63. The predicted molar refractivity (Wildman–Crippen MR) is 74.8 cm³/mol. The van der Waals surface area contributed by atoms with Crippen LogP contribution in [0.1, 0.15) is 6.92 Å². The van der Waals surface area contributed by atoms with Gasteiger partial charge in [0.2, 0.25) is 0 Å². The maximum atomic E-state index is 12.1. The van der Waals surface area contributed by atoms with Crippen molar-refractivity contribution in [2.45, 2.75) is 6.92 Å². The normalized spacial score (nSPS) is 16.4. The maximum absolute atomic E-state index is 12.1. The quantitative estimate of drug-likeness (QED) is 0.699. The Kier molecular flexibility index (Phi) is 3.15. The summed E-state index contributed by atoms with van der Waals surface area (Å²) in [5.74, 6) is 0.296.